The van der Waals surface area contributed by atoms with Gasteiger partial charge in [0.15, 0.2) is 0 Å². The highest BCUT2D eigenvalue weighted by Crippen LogP contribution is 2.27. The van der Waals surface area contributed by atoms with Crippen LogP contribution in [0.4, 0.5) is 10.5 Å². The third-order valence-electron chi connectivity index (χ3n) is 4.32. The molecule has 21 heavy (non-hydrogen) atoms. The molecule has 3 rings (SSSR count). The van der Waals surface area contributed by atoms with Gasteiger partial charge in [-0.25, -0.2) is 9.69 Å². The Bertz CT molecular complexity index is 544. The Morgan fingerprint density at radius 3 is 2.48 bits per heavy atom. The maximum Gasteiger partial charge on any atom is 0.332 e. The number of urea groups is 1. The number of rotatable bonds is 2. The van der Waals surface area contributed by atoms with E-state index in [0.29, 0.717) is 24.8 Å². The first-order valence-corrected chi connectivity index (χ1v) is 7.53. The molecule has 0 radical (unpaired) electrons. The normalized spacial score (nSPS) is 23.7. The molecule has 0 bridgehead atoms. The van der Waals surface area contributed by atoms with Gasteiger partial charge in [0.25, 0.3) is 5.91 Å². The van der Waals surface area contributed by atoms with E-state index in [1.807, 2.05) is 30.3 Å². The molecule has 1 aromatic rings. The molecule has 0 aromatic heterocycles. The van der Waals surface area contributed by atoms with Gasteiger partial charge in [-0.15, -0.1) is 0 Å². The van der Waals surface area contributed by atoms with Crippen molar-refractivity contribution in [1.82, 2.24) is 9.80 Å². The van der Waals surface area contributed by atoms with Crippen LogP contribution in [-0.4, -0.2) is 53.5 Å². The van der Waals surface area contributed by atoms with Crippen LogP contribution in [0.2, 0.25) is 0 Å². The van der Waals surface area contributed by atoms with E-state index in [1.54, 1.807) is 4.90 Å². The first-order chi connectivity index (χ1) is 10.1. The van der Waals surface area contributed by atoms with Crippen molar-refractivity contribution in [1.29, 1.82) is 0 Å². The van der Waals surface area contributed by atoms with E-state index in [-0.39, 0.29) is 18.0 Å². The summed E-state index contributed by atoms with van der Waals surface area (Å²) in [6.45, 7) is 6.49. The number of carbonyl (C=O) groups excluding carboxylic acids is 2. The molecule has 2 fully saturated rings. The number of amides is 3. The maximum atomic E-state index is 12.7. The molecule has 1 aromatic carbocycles. The Hall–Kier alpha value is -1.88. The molecular weight excluding hydrogens is 266 g/mol. The second-order valence-electron chi connectivity index (χ2n) is 5.94. The molecule has 1 unspecified atom stereocenters. The molecule has 2 saturated heterocycles. The Kier molecular flexibility index (Phi) is 3.68. The molecule has 0 spiro atoms. The van der Waals surface area contributed by atoms with Crippen LogP contribution in [0.1, 0.15) is 20.3 Å². The van der Waals surface area contributed by atoms with E-state index >= 15 is 0 Å². The van der Waals surface area contributed by atoms with Crippen LogP contribution in [0.15, 0.2) is 30.3 Å². The standard InChI is InChI=1S/C16H21N3O2/c1-12(2)17-9-6-10-18-14(11-17)15(20)19(16(18)21)13-7-4-3-5-8-13/h3-5,7-8,12,14H,6,9-11H2,1-2H3. The van der Waals surface area contributed by atoms with E-state index in [1.165, 1.54) is 4.90 Å². The molecule has 2 heterocycles. The van der Waals surface area contributed by atoms with Crippen molar-refractivity contribution >= 4 is 17.6 Å². The molecule has 5 heteroatoms. The smallest absolute Gasteiger partial charge is 0.311 e. The van der Waals surface area contributed by atoms with Crippen molar-refractivity contribution in [3.63, 3.8) is 0 Å². The number of fused-ring (bicyclic) bond motifs is 1. The summed E-state index contributed by atoms with van der Waals surface area (Å²) in [5.74, 6) is -0.0984. The van der Waals surface area contributed by atoms with Gasteiger partial charge in [-0.1, -0.05) is 18.2 Å². The van der Waals surface area contributed by atoms with Crippen molar-refractivity contribution in [2.24, 2.45) is 0 Å². The Balaban J connectivity index is 1.89. The lowest BCUT2D eigenvalue weighted by Crippen LogP contribution is -2.43. The third kappa shape index (κ3) is 2.42. The lowest BCUT2D eigenvalue weighted by molar-refractivity contribution is -0.120. The summed E-state index contributed by atoms with van der Waals surface area (Å²) in [7, 11) is 0. The highest BCUT2D eigenvalue weighted by Gasteiger charge is 2.47. The van der Waals surface area contributed by atoms with Gasteiger partial charge in [-0.2, -0.15) is 0 Å². The quantitative estimate of drug-likeness (QED) is 0.781. The van der Waals surface area contributed by atoms with Gasteiger partial charge in [-0.3, -0.25) is 9.69 Å². The van der Waals surface area contributed by atoms with Crippen molar-refractivity contribution in [3.8, 4) is 0 Å². The monoisotopic (exact) mass is 287 g/mol. The minimum absolute atomic E-state index is 0.0984. The topological polar surface area (TPSA) is 43.9 Å². The van der Waals surface area contributed by atoms with E-state index in [0.717, 1.165) is 13.0 Å². The second kappa shape index (κ2) is 5.48. The predicted octanol–water partition coefficient (Wildman–Crippen LogP) is 1.94. The van der Waals surface area contributed by atoms with Gasteiger partial charge < -0.3 is 4.90 Å². The molecule has 3 amide bonds. The zero-order valence-corrected chi connectivity index (χ0v) is 12.5. The molecule has 1 atom stereocenters. The lowest BCUT2D eigenvalue weighted by Gasteiger charge is -2.26. The van der Waals surface area contributed by atoms with Crippen molar-refractivity contribution in [2.45, 2.75) is 32.4 Å². The van der Waals surface area contributed by atoms with Crippen molar-refractivity contribution < 1.29 is 9.59 Å². The average molecular weight is 287 g/mol. The van der Waals surface area contributed by atoms with Crippen molar-refractivity contribution in [2.75, 3.05) is 24.5 Å². The Labute approximate surface area is 125 Å². The molecule has 5 nitrogen and oxygen atoms in total. The van der Waals surface area contributed by atoms with Gasteiger partial charge in [0.1, 0.15) is 6.04 Å². The van der Waals surface area contributed by atoms with Crippen LogP contribution in [0.5, 0.6) is 0 Å². The number of imide groups is 1. The largest absolute Gasteiger partial charge is 0.332 e. The average Bonchev–Trinajstić information content (AvgIpc) is 2.66. The third-order valence-corrected chi connectivity index (χ3v) is 4.32. The van der Waals surface area contributed by atoms with E-state index in [9.17, 15) is 9.59 Å². The Morgan fingerprint density at radius 2 is 1.81 bits per heavy atom. The van der Waals surface area contributed by atoms with E-state index in [4.69, 9.17) is 0 Å². The van der Waals surface area contributed by atoms with Crippen LogP contribution < -0.4 is 4.90 Å². The fourth-order valence-corrected chi connectivity index (χ4v) is 3.11. The zero-order chi connectivity index (χ0) is 15.0. The molecule has 0 aliphatic carbocycles. The summed E-state index contributed by atoms with van der Waals surface area (Å²) in [5, 5.41) is 0. The first kappa shape index (κ1) is 14.1. The van der Waals surface area contributed by atoms with Crippen LogP contribution in [-0.2, 0) is 4.79 Å². The number of para-hydroxylation sites is 1. The highest BCUT2D eigenvalue weighted by molar-refractivity contribution is 6.21. The highest BCUT2D eigenvalue weighted by atomic mass is 16.2. The number of nitrogens with zero attached hydrogens (tertiary/aromatic N) is 3. The van der Waals surface area contributed by atoms with Crippen LogP contribution >= 0.6 is 0 Å². The van der Waals surface area contributed by atoms with Crippen LogP contribution in [0.3, 0.4) is 0 Å². The second-order valence-corrected chi connectivity index (χ2v) is 5.94. The molecule has 112 valence electrons. The van der Waals surface area contributed by atoms with Gasteiger partial charge in [0, 0.05) is 25.7 Å². The number of hydrogen-bond acceptors (Lipinski definition) is 3. The molecule has 2 aliphatic rings. The fourth-order valence-electron chi connectivity index (χ4n) is 3.11. The summed E-state index contributed by atoms with van der Waals surface area (Å²) in [5.41, 5.74) is 0.664. The first-order valence-electron chi connectivity index (χ1n) is 7.53. The summed E-state index contributed by atoms with van der Waals surface area (Å²) >= 11 is 0. The number of anilines is 1. The lowest BCUT2D eigenvalue weighted by atomic mass is 10.2. The number of benzene rings is 1. The number of hydrogen-bond donors (Lipinski definition) is 0. The van der Waals surface area contributed by atoms with Gasteiger partial charge in [-0.05, 0) is 32.4 Å². The maximum absolute atomic E-state index is 12.7. The minimum atomic E-state index is -0.345. The summed E-state index contributed by atoms with van der Waals surface area (Å²) in [6.07, 6.45) is 0.913. The summed E-state index contributed by atoms with van der Waals surface area (Å²) in [4.78, 5) is 30.6. The van der Waals surface area contributed by atoms with Crippen molar-refractivity contribution in [3.05, 3.63) is 30.3 Å². The van der Waals surface area contributed by atoms with Gasteiger partial charge in [0.2, 0.25) is 0 Å². The fraction of sp³-hybridized carbons (Fsp3) is 0.500. The van der Waals surface area contributed by atoms with E-state index in [2.05, 4.69) is 18.7 Å². The Morgan fingerprint density at radius 1 is 1.10 bits per heavy atom. The molecule has 0 N–H and O–H groups in total. The minimum Gasteiger partial charge on any atom is -0.311 e. The molecule has 2 aliphatic heterocycles. The predicted molar refractivity (Wildman–Crippen MR) is 81.1 cm³/mol. The van der Waals surface area contributed by atoms with Crippen LogP contribution in [0, 0.1) is 0 Å². The summed E-state index contributed by atoms with van der Waals surface area (Å²) < 4.78 is 0. The van der Waals surface area contributed by atoms with Gasteiger partial charge >= 0.3 is 6.03 Å². The summed E-state index contributed by atoms with van der Waals surface area (Å²) in [6, 6.07) is 9.06. The zero-order valence-electron chi connectivity index (χ0n) is 12.5. The van der Waals surface area contributed by atoms with E-state index < -0.39 is 0 Å². The molecule has 0 saturated carbocycles. The number of carbonyl (C=O) groups is 2. The SMILES string of the molecule is CC(C)N1CCCN2C(=O)N(c3ccccc3)C(=O)C2C1. The van der Waals surface area contributed by atoms with Gasteiger partial charge in [0.05, 0.1) is 5.69 Å². The molecular formula is C16H21N3O2. The van der Waals surface area contributed by atoms with Crippen LogP contribution in [0.25, 0.3) is 0 Å².